The van der Waals surface area contributed by atoms with Gasteiger partial charge in [-0.2, -0.15) is 0 Å². The van der Waals surface area contributed by atoms with Crippen molar-refractivity contribution >= 4 is 17.9 Å². The molecular formula is C56H94O6. The number of carbonyl (C=O) groups excluding carboxylic acids is 3. The van der Waals surface area contributed by atoms with Crippen molar-refractivity contribution in [1.29, 1.82) is 0 Å². The van der Waals surface area contributed by atoms with E-state index in [1.165, 1.54) is 103 Å². The highest BCUT2D eigenvalue weighted by atomic mass is 16.6. The lowest BCUT2D eigenvalue weighted by atomic mass is 10.1. The third kappa shape index (κ3) is 47.6. The van der Waals surface area contributed by atoms with E-state index in [1.54, 1.807) is 0 Å². The van der Waals surface area contributed by atoms with Crippen molar-refractivity contribution < 1.29 is 28.6 Å². The highest BCUT2D eigenvalue weighted by Crippen LogP contribution is 2.13. The number of allylic oxidation sites excluding steroid dienone is 14. The first kappa shape index (κ1) is 58.6. The molecule has 0 aromatic heterocycles. The van der Waals surface area contributed by atoms with Crippen LogP contribution in [0, 0.1) is 0 Å². The second kappa shape index (κ2) is 50.2. The maximum atomic E-state index is 12.7. The Morgan fingerprint density at radius 3 is 1.05 bits per heavy atom. The molecule has 354 valence electrons. The quantitative estimate of drug-likeness (QED) is 0.0263. The van der Waals surface area contributed by atoms with Crippen LogP contribution < -0.4 is 0 Å². The van der Waals surface area contributed by atoms with Crippen LogP contribution >= 0.6 is 0 Å². The van der Waals surface area contributed by atoms with E-state index in [9.17, 15) is 14.4 Å². The summed E-state index contributed by atoms with van der Waals surface area (Å²) >= 11 is 0. The van der Waals surface area contributed by atoms with Gasteiger partial charge in [0.2, 0.25) is 0 Å². The molecule has 0 amide bonds. The largest absolute Gasteiger partial charge is 0.462 e. The normalized spacial score (nSPS) is 12.8. The zero-order chi connectivity index (χ0) is 45.1. The van der Waals surface area contributed by atoms with E-state index in [0.29, 0.717) is 19.3 Å². The molecule has 0 aliphatic carbocycles. The first-order chi connectivity index (χ1) is 30.5. The fourth-order valence-corrected chi connectivity index (χ4v) is 6.81. The Labute approximate surface area is 382 Å². The topological polar surface area (TPSA) is 78.9 Å². The second-order valence-electron chi connectivity index (χ2n) is 16.7. The Kier molecular flexibility index (Phi) is 47.5. The van der Waals surface area contributed by atoms with Crippen molar-refractivity contribution in [1.82, 2.24) is 0 Å². The molecule has 0 aromatic rings. The van der Waals surface area contributed by atoms with Crippen LogP contribution in [0.3, 0.4) is 0 Å². The molecule has 0 rings (SSSR count). The van der Waals surface area contributed by atoms with Gasteiger partial charge in [0.15, 0.2) is 6.10 Å². The number of rotatable bonds is 45. The van der Waals surface area contributed by atoms with E-state index in [-0.39, 0.29) is 31.6 Å². The molecule has 0 radical (unpaired) electrons. The van der Waals surface area contributed by atoms with Gasteiger partial charge in [-0.05, 0) is 83.5 Å². The number of carbonyl (C=O) groups is 3. The minimum absolute atomic E-state index is 0.107. The number of ether oxygens (including phenoxy) is 3. The SMILES string of the molecule is CC/C=C\C/C=C\C/C=C\C/C=C\CCC(=O)OC(COC(=O)CCCCCCCCCC)COC(=O)CCCCCCCCCC/C=C\C/C=C\C/C=C\CCCCCCC. The van der Waals surface area contributed by atoms with Crippen LogP contribution in [0.25, 0.3) is 0 Å². The van der Waals surface area contributed by atoms with Crippen molar-refractivity contribution in [2.24, 2.45) is 0 Å². The Hall–Kier alpha value is -3.41. The van der Waals surface area contributed by atoms with Crippen molar-refractivity contribution in [2.75, 3.05) is 13.2 Å². The summed E-state index contributed by atoms with van der Waals surface area (Å²) in [5.41, 5.74) is 0. The molecule has 0 N–H and O–H groups in total. The van der Waals surface area contributed by atoms with E-state index >= 15 is 0 Å². The van der Waals surface area contributed by atoms with Crippen LogP contribution in [0.5, 0.6) is 0 Å². The fourth-order valence-electron chi connectivity index (χ4n) is 6.81. The van der Waals surface area contributed by atoms with E-state index in [2.05, 4.69) is 93.7 Å². The fraction of sp³-hybridized carbons (Fsp3) is 0.696. The Bertz CT molecular complexity index is 1220. The molecular weight excluding hydrogens is 769 g/mol. The van der Waals surface area contributed by atoms with Crippen molar-refractivity contribution in [3.63, 3.8) is 0 Å². The van der Waals surface area contributed by atoms with E-state index in [0.717, 1.165) is 83.5 Å². The number of unbranched alkanes of at least 4 members (excludes halogenated alkanes) is 20. The van der Waals surface area contributed by atoms with Gasteiger partial charge in [0.05, 0.1) is 0 Å². The molecule has 0 aliphatic heterocycles. The van der Waals surface area contributed by atoms with E-state index in [1.807, 2.05) is 12.2 Å². The highest BCUT2D eigenvalue weighted by molar-refractivity contribution is 5.71. The maximum absolute atomic E-state index is 12.7. The molecule has 0 aromatic carbocycles. The van der Waals surface area contributed by atoms with Crippen molar-refractivity contribution in [3.05, 3.63) is 85.1 Å². The van der Waals surface area contributed by atoms with Crippen LogP contribution in [0.15, 0.2) is 85.1 Å². The molecule has 0 heterocycles. The van der Waals surface area contributed by atoms with E-state index in [4.69, 9.17) is 14.2 Å². The molecule has 0 fully saturated rings. The zero-order valence-corrected chi connectivity index (χ0v) is 40.4. The van der Waals surface area contributed by atoms with Crippen molar-refractivity contribution in [3.8, 4) is 0 Å². The summed E-state index contributed by atoms with van der Waals surface area (Å²) in [6.07, 6.45) is 64.5. The lowest BCUT2D eigenvalue weighted by Crippen LogP contribution is -2.30. The predicted molar refractivity (Wildman–Crippen MR) is 265 cm³/mol. The molecule has 0 spiro atoms. The van der Waals surface area contributed by atoms with Gasteiger partial charge in [0, 0.05) is 19.3 Å². The summed E-state index contributed by atoms with van der Waals surface area (Å²) in [6.45, 7) is 6.40. The summed E-state index contributed by atoms with van der Waals surface area (Å²) < 4.78 is 16.6. The monoisotopic (exact) mass is 863 g/mol. The Morgan fingerprint density at radius 1 is 0.339 bits per heavy atom. The molecule has 1 unspecified atom stereocenters. The first-order valence-corrected chi connectivity index (χ1v) is 25.6. The van der Waals surface area contributed by atoms with Gasteiger partial charge in [-0.1, -0.05) is 215 Å². The van der Waals surface area contributed by atoms with Gasteiger partial charge in [-0.15, -0.1) is 0 Å². The molecule has 6 nitrogen and oxygen atoms in total. The van der Waals surface area contributed by atoms with Gasteiger partial charge >= 0.3 is 17.9 Å². The van der Waals surface area contributed by atoms with Gasteiger partial charge in [-0.3, -0.25) is 14.4 Å². The zero-order valence-electron chi connectivity index (χ0n) is 40.4. The lowest BCUT2D eigenvalue weighted by Gasteiger charge is -2.18. The van der Waals surface area contributed by atoms with Gasteiger partial charge < -0.3 is 14.2 Å². The van der Waals surface area contributed by atoms with Gasteiger partial charge in [0.25, 0.3) is 0 Å². The number of hydrogen-bond acceptors (Lipinski definition) is 6. The standard InChI is InChI=1S/C56H94O6/c1-4-7-10-13-16-19-21-23-24-25-26-27-28-29-30-31-32-34-35-37-40-43-46-49-55(58)61-52-53(51-60-54(57)48-45-42-39-18-15-12-9-6-3)62-56(59)50-47-44-41-38-36-33-22-20-17-14-11-8-5-2/h8,11,17,20-21,23,25-26,28-29,33,36,41,44,53H,4-7,9-10,12-16,18-19,22,24,27,30-32,34-35,37-40,42-43,45-52H2,1-3H3/b11-8-,20-17-,23-21-,26-25-,29-28-,36-33-,44-41-. The van der Waals surface area contributed by atoms with Crippen LogP contribution in [0.1, 0.15) is 233 Å². The molecule has 1 atom stereocenters. The summed E-state index contributed by atoms with van der Waals surface area (Å²) in [4.78, 5) is 37.8. The van der Waals surface area contributed by atoms with Crippen LogP contribution in [-0.4, -0.2) is 37.2 Å². The smallest absolute Gasteiger partial charge is 0.306 e. The maximum Gasteiger partial charge on any atom is 0.306 e. The average molecular weight is 863 g/mol. The lowest BCUT2D eigenvalue weighted by molar-refractivity contribution is -0.166. The van der Waals surface area contributed by atoms with Gasteiger partial charge in [-0.25, -0.2) is 0 Å². The van der Waals surface area contributed by atoms with Crippen LogP contribution in [-0.2, 0) is 28.6 Å². The van der Waals surface area contributed by atoms with E-state index < -0.39 is 12.1 Å². The molecule has 6 heteroatoms. The third-order valence-corrected chi connectivity index (χ3v) is 10.6. The molecule has 62 heavy (non-hydrogen) atoms. The minimum atomic E-state index is -0.814. The van der Waals surface area contributed by atoms with Crippen LogP contribution in [0.4, 0.5) is 0 Å². The Morgan fingerprint density at radius 2 is 0.661 bits per heavy atom. The molecule has 0 saturated heterocycles. The van der Waals surface area contributed by atoms with Crippen molar-refractivity contribution in [2.45, 2.75) is 239 Å². The highest BCUT2D eigenvalue weighted by Gasteiger charge is 2.19. The summed E-state index contributed by atoms with van der Waals surface area (Å²) in [7, 11) is 0. The predicted octanol–water partition coefficient (Wildman–Crippen LogP) is 16.8. The minimum Gasteiger partial charge on any atom is -0.462 e. The molecule has 0 saturated carbocycles. The molecule has 0 aliphatic rings. The number of esters is 3. The second-order valence-corrected chi connectivity index (χ2v) is 16.7. The first-order valence-electron chi connectivity index (χ1n) is 25.6. The van der Waals surface area contributed by atoms with Gasteiger partial charge in [0.1, 0.15) is 13.2 Å². The molecule has 0 bridgehead atoms. The summed E-state index contributed by atoms with van der Waals surface area (Å²) in [5.74, 6) is -1.00. The Balaban J connectivity index is 4.31. The average Bonchev–Trinajstić information content (AvgIpc) is 3.27. The third-order valence-electron chi connectivity index (χ3n) is 10.6. The van der Waals surface area contributed by atoms with Crippen LogP contribution in [0.2, 0.25) is 0 Å². The summed E-state index contributed by atoms with van der Waals surface area (Å²) in [5, 5.41) is 0. The number of hydrogen-bond donors (Lipinski definition) is 0. The summed E-state index contributed by atoms with van der Waals surface area (Å²) in [6, 6.07) is 0.